The molecule has 6 nitrogen and oxygen atoms in total. The molecule has 1 N–H and O–H groups in total. The molecule has 3 aromatic rings. The molecular weight excluding hydrogens is 330 g/mol. The predicted molar refractivity (Wildman–Crippen MR) is 94.5 cm³/mol. The molecule has 0 atom stereocenters. The smallest absolute Gasteiger partial charge is 0.323 e. The van der Waals surface area contributed by atoms with Gasteiger partial charge in [-0.15, -0.1) is 11.3 Å². The van der Waals surface area contributed by atoms with Crippen LogP contribution in [0.25, 0.3) is 10.2 Å². The molecule has 1 aromatic carbocycles. The molecule has 0 spiro atoms. The lowest BCUT2D eigenvalue weighted by molar-refractivity contribution is 0.208. The molecule has 1 aliphatic rings. The summed E-state index contributed by atoms with van der Waals surface area (Å²) in [6.45, 7) is 2.99. The highest BCUT2D eigenvalue weighted by atomic mass is 32.1. The number of nitrogens with one attached hydrogen (secondary N) is 1. The summed E-state index contributed by atoms with van der Waals surface area (Å²) in [5.74, 6) is 0. The van der Waals surface area contributed by atoms with Gasteiger partial charge in [0.1, 0.15) is 0 Å². The molecule has 4 rings (SSSR count). The molecule has 2 amide bonds. The first-order valence-corrected chi connectivity index (χ1v) is 9.05. The van der Waals surface area contributed by atoms with E-state index in [0.717, 1.165) is 28.4 Å². The number of hydrogen-bond acceptors (Lipinski definition) is 6. The van der Waals surface area contributed by atoms with Crippen molar-refractivity contribution < 1.29 is 4.79 Å². The van der Waals surface area contributed by atoms with Crippen molar-refractivity contribution in [3.05, 3.63) is 35.8 Å². The number of para-hydroxylation sites is 1. The minimum absolute atomic E-state index is 0.0807. The van der Waals surface area contributed by atoms with Crippen molar-refractivity contribution in [2.75, 3.05) is 36.4 Å². The average molecular weight is 345 g/mol. The molecule has 0 unspecified atom stereocenters. The summed E-state index contributed by atoms with van der Waals surface area (Å²) >= 11 is 3.13. The fourth-order valence-corrected chi connectivity index (χ4v) is 4.12. The van der Waals surface area contributed by atoms with E-state index in [0.29, 0.717) is 18.2 Å². The Bertz CT molecular complexity index is 775. The van der Waals surface area contributed by atoms with Gasteiger partial charge in [0, 0.05) is 37.8 Å². The normalized spacial score (nSPS) is 15.1. The third kappa shape index (κ3) is 2.99. The molecule has 0 radical (unpaired) electrons. The second-order valence-electron chi connectivity index (χ2n) is 5.21. The van der Waals surface area contributed by atoms with Crippen molar-refractivity contribution in [2.24, 2.45) is 0 Å². The van der Waals surface area contributed by atoms with Gasteiger partial charge in [-0.1, -0.05) is 23.5 Å². The number of thiazole rings is 2. The van der Waals surface area contributed by atoms with Crippen molar-refractivity contribution in [3.63, 3.8) is 0 Å². The van der Waals surface area contributed by atoms with Crippen LogP contribution < -0.4 is 10.2 Å². The lowest BCUT2D eigenvalue weighted by Gasteiger charge is -2.34. The van der Waals surface area contributed by atoms with Crippen LogP contribution in [0.5, 0.6) is 0 Å². The standard InChI is InChI=1S/C15H15N5OS2/c21-14(18-13-17-11-3-1-2-4-12(11)23-13)19-6-8-20(9-7-19)15-16-5-10-22-15/h1-5,10H,6-9H2,(H,17,18,21). The number of carbonyl (C=O) groups excluding carboxylic acids is 1. The molecule has 1 aliphatic heterocycles. The van der Waals surface area contributed by atoms with Crippen LogP contribution in [-0.2, 0) is 0 Å². The van der Waals surface area contributed by atoms with Crippen LogP contribution in [-0.4, -0.2) is 47.1 Å². The Morgan fingerprint density at radius 3 is 2.74 bits per heavy atom. The Balaban J connectivity index is 1.38. The summed E-state index contributed by atoms with van der Waals surface area (Å²) in [4.78, 5) is 25.2. The summed E-state index contributed by atoms with van der Waals surface area (Å²) < 4.78 is 1.08. The fourth-order valence-electron chi connectivity index (χ4n) is 2.57. The zero-order valence-corrected chi connectivity index (χ0v) is 13.9. The molecule has 0 bridgehead atoms. The highest BCUT2D eigenvalue weighted by Gasteiger charge is 2.23. The van der Waals surface area contributed by atoms with E-state index in [-0.39, 0.29) is 6.03 Å². The first-order chi connectivity index (χ1) is 11.3. The summed E-state index contributed by atoms with van der Waals surface area (Å²) in [5, 5.41) is 6.56. The predicted octanol–water partition coefficient (Wildman–Crippen LogP) is 3.11. The molecule has 0 saturated carbocycles. The summed E-state index contributed by atoms with van der Waals surface area (Å²) in [6.07, 6.45) is 1.81. The maximum absolute atomic E-state index is 12.4. The number of hydrogen-bond donors (Lipinski definition) is 1. The first-order valence-electron chi connectivity index (χ1n) is 7.35. The van der Waals surface area contributed by atoms with Gasteiger partial charge in [-0.05, 0) is 12.1 Å². The minimum atomic E-state index is -0.0807. The molecule has 0 aliphatic carbocycles. The summed E-state index contributed by atoms with van der Waals surface area (Å²) in [5.41, 5.74) is 0.918. The van der Waals surface area contributed by atoms with Crippen LogP contribution >= 0.6 is 22.7 Å². The number of urea groups is 1. The monoisotopic (exact) mass is 345 g/mol. The lowest BCUT2D eigenvalue weighted by atomic mass is 10.3. The topological polar surface area (TPSA) is 61.4 Å². The van der Waals surface area contributed by atoms with E-state index in [2.05, 4.69) is 20.2 Å². The number of nitrogens with zero attached hydrogens (tertiary/aromatic N) is 4. The SMILES string of the molecule is O=C(Nc1nc2ccccc2s1)N1CCN(c2nccs2)CC1. The van der Waals surface area contributed by atoms with E-state index >= 15 is 0 Å². The Kier molecular flexibility index (Phi) is 3.84. The highest BCUT2D eigenvalue weighted by Crippen LogP contribution is 2.26. The lowest BCUT2D eigenvalue weighted by Crippen LogP contribution is -2.50. The molecule has 2 aromatic heterocycles. The van der Waals surface area contributed by atoms with Crippen LogP contribution in [0.3, 0.4) is 0 Å². The number of carbonyl (C=O) groups is 1. The van der Waals surface area contributed by atoms with Crippen molar-refractivity contribution in [2.45, 2.75) is 0 Å². The molecule has 1 saturated heterocycles. The Morgan fingerprint density at radius 1 is 1.17 bits per heavy atom. The number of benzene rings is 1. The second kappa shape index (κ2) is 6.13. The van der Waals surface area contributed by atoms with Crippen LogP contribution in [0.2, 0.25) is 0 Å². The quantitative estimate of drug-likeness (QED) is 0.775. The Morgan fingerprint density at radius 2 is 2.00 bits per heavy atom. The first kappa shape index (κ1) is 14.4. The van der Waals surface area contributed by atoms with E-state index in [1.807, 2.05) is 40.7 Å². The number of rotatable bonds is 2. The van der Waals surface area contributed by atoms with Gasteiger partial charge >= 0.3 is 6.03 Å². The number of aromatic nitrogens is 2. The number of fused-ring (bicyclic) bond motifs is 1. The zero-order chi connectivity index (χ0) is 15.6. The number of amides is 2. The van der Waals surface area contributed by atoms with Gasteiger partial charge in [-0.2, -0.15) is 0 Å². The molecule has 3 heterocycles. The molecule has 23 heavy (non-hydrogen) atoms. The average Bonchev–Trinajstić information content (AvgIpc) is 3.24. The van der Waals surface area contributed by atoms with Gasteiger partial charge in [-0.25, -0.2) is 14.8 Å². The molecule has 1 fully saturated rings. The second-order valence-corrected chi connectivity index (χ2v) is 7.11. The number of anilines is 2. The number of piperazine rings is 1. The largest absolute Gasteiger partial charge is 0.345 e. The third-order valence-electron chi connectivity index (χ3n) is 3.76. The van der Waals surface area contributed by atoms with Gasteiger partial charge in [0.25, 0.3) is 0 Å². The summed E-state index contributed by atoms with van der Waals surface area (Å²) in [7, 11) is 0. The summed E-state index contributed by atoms with van der Waals surface area (Å²) in [6, 6.07) is 7.81. The van der Waals surface area contributed by atoms with E-state index < -0.39 is 0 Å². The van der Waals surface area contributed by atoms with E-state index in [1.54, 1.807) is 11.3 Å². The van der Waals surface area contributed by atoms with Crippen LogP contribution in [0, 0.1) is 0 Å². The minimum Gasteiger partial charge on any atom is -0.345 e. The Labute approximate surface area is 141 Å². The molecule has 118 valence electrons. The van der Waals surface area contributed by atoms with Crippen LogP contribution in [0.1, 0.15) is 0 Å². The van der Waals surface area contributed by atoms with Gasteiger partial charge < -0.3 is 9.80 Å². The maximum atomic E-state index is 12.4. The van der Waals surface area contributed by atoms with Crippen molar-refractivity contribution in [1.82, 2.24) is 14.9 Å². The van der Waals surface area contributed by atoms with E-state index in [4.69, 9.17) is 0 Å². The fraction of sp³-hybridized carbons (Fsp3) is 0.267. The van der Waals surface area contributed by atoms with Crippen molar-refractivity contribution in [1.29, 1.82) is 0 Å². The van der Waals surface area contributed by atoms with Crippen LogP contribution in [0.4, 0.5) is 15.1 Å². The van der Waals surface area contributed by atoms with Gasteiger partial charge in [0.05, 0.1) is 10.2 Å². The van der Waals surface area contributed by atoms with Gasteiger partial charge in [-0.3, -0.25) is 5.32 Å². The van der Waals surface area contributed by atoms with Crippen LogP contribution in [0.15, 0.2) is 35.8 Å². The van der Waals surface area contributed by atoms with Gasteiger partial charge in [0.15, 0.2) is 10.3 Å². The maximum Gasteiger partial charge on any atom is 0.323 e. The molecular formula is C15H15N5OS2. The van der Waals surface area contributed by atoms with Crippen molar-refractivity contribution in [3.8, 4) is 0 Å². The van der Waals surface area contributed by atoms with Crippen molar-refractivity contribution >= 4 is 49.2 Å². The Hall–Kier alpha value is -2.19. The van der Waals surface area contributed by atoms with E-state index in [9.17, 15) is 4.79 Å². The molecule has 8 heteroatoms. The highest BCUT2D eigenvalue weighted by molar-refractivity contribution is 7.22. The zero-order valence-electron chi connectivity index (χ0n) is 12.3. The van der Waals surface area contributed by atoms with E-state index in [1.165, 1.54) is 11.3 Å². The van der Waals surface area contributed by atoms with Gasteiger partial charge in [0.2, 0.25) is 0 Å². The third-order valence-corrected chi connectivity index (χ3v) is 5.55.